The third-order valence-corrected chi connectivity index (χ3v) is 12.7. The van der Waals surface area contributed by atoms with Gasteiger partial charge in [0.25, 0.3) is 0 Å². The van der Waals surface area contributed by atoms with Crippen LogP contribution in [0.5, 0.6) is 11.5 Å². The van der Waals surface area contributed by atoms with Crippen LogP contribution in [0.4, 0.5) is 11.4 Å². The van der Waals surface area contributed by atoms with Crippen LogP contribution in [0.25, 0.3) is 11.0 Å². The largest absolute Gasteiger partial charge is 0.493 e. The second-order valence-electron chi connectivity index (χ2n) is 16.0. The van der Waals surface area contributed by atoms with Gasteiger partial charge in [0.2, 0.25) is 17.7 Å². The molecule has 1 unspecified atom stereocenters. The first kappa shape index (κ1) is 40.4. The van der Waals surface area contributed by atoms with Gasteiger partial charge in [0.05, 0.1) is 37.2 Å². The van der Waals surface area contributed by atoms with Crippen molar-refractivity contribution in [1.29, 1.82) is 0 Å². The summed E-state index contributed by atoms with van der Waals surface area (Å²) in [6.45, 7) is 8.87. The molecule has 3 aliphatic heterocycles. The number of carbonyl (C=O) groups excluding carboxylic acids is 3. The minimum atomic E-state index is -0.663. The predicted octanol–water partition coefficient (Wildman–Crippen LogP) is 5.72. The molecule has 3 amide bonds. The average Bonchev–Trinajstić information content (AvgIpc) is 3.44. The molecule has 1 atom stereocenters. The molecular formula is C44H56N6O6S. The van der Waals surface area contributed by atoms with Crippen molar-refractivity contribution in [3.8, 4) is 11.5 Å². The van der Waals surface area contributed by atoms with Gasteiger partial charge < -0.3 is 24.2 Å². The topological polar surface area (TPSA) is 118 Å². The summed E-state index contributed by atoms with van der Waals surface area (Å²) in [5.74, 6) is 3.60. The van der Waals surface area contributed by atoms with Gasteiger partial charge in [0.15, 0.2) is 11.5 Å². The molecule has 2 saturated heterocycles. The van der Waals surface area contributed by atoms with Gasteiger partial charge in [-0.1, -0.05) is 6.07 Å². The van der Waals surface area contributed by atoms with E-state index in [0.29, 0.717) is 36.8 Å². The lowest BCUT2D eigenvalue weighted by molar-refractivity contribution is -0.135. The van der Waals surface area contributed by atoms with Crippen LogP contribution in [0, 0.1) is 5.92 Å². The van der Waals surface area contributed by atoms with Crippen LogP contribution < -0.4 is 30.3 Å². The van der Waals surface area contributed by atoms with Crippen LogP contribution in [-0.2, 0) is 40.8 Å². The number of rotatable bonds is 15. The number of aromatic nitrogens is 2. The molecule has 2 fully saturated rings. The predicted molar refractivity (Wildman–Crippen MR) is 227 cm³/mol. The van der Waals surface area contributed by atoms with E-state index in [1.54, 1.807) is 18.7 Å². The number of benzene rings is 3. The molecule has 3 aromatic carbocycles. The summed E-state index contributed by atoms with van der Waals surface area (Å²) in [4.78, 5) is 57.2. The first-order valence-corrected chi connectivity index (χ1v) is 21.5. The summed E-state index contributed by atoms with van der Waals surface area (Å²) in [5, 5.41) is 2.37. The number of hydrogen-bond acceptors (Lipinski definition) is 9. The number of imidazole rings is 1. The summed E-state index contributed by atoms with van der Waals surface area (Å²) in [5.41, 5.74) is 6.63. The van der Waals surface area contributed by atoms with Crippen molar-refractivity contribution in [2.75, 3.05) is 61.6 Å². The normalized spacial score (nSPS) is 18.0. The van der Waals surface area contributed by atoms with Crippen molar-refractivity contribution < 1.29 is 23.9 Å². The highest BCUT2D eigenvalue weighted by Gasteiger charge is 2.31. The molecule has 1 N–H and O–H groups in total. The number of carbonyl (C=O) groups is 3. The molecular weight excluding hydrogens is 741 g/mol. The number of nitrogens with one attached hydrogen (secondary N) is 1. The van der Waals surface area contributed by atoms with E-state index in [4.69, 9.17) is 9.47 Å². The molecule has 1 aromatic heterocycles. The highest BCUT2D eigenvalue weighted by Crippen LogP contribution is 2.36. The number of aryl methyl sites for hydroxylation is 2. The van der Waals surface area contributed by atoms with E-state index in [2.05, 4.69) is 58.6 Å². The Kier molecular flexibility index (Phi) is 12.6. The lowest BCUT2D eigenvalue weighted by Gasteiger charge is -2.34. The number of amides is 3. The zero-order valence-corrected chi connectivity index (χ0v) is 34.7. The van der Waals surface area contributed by atoms with Crippen LogP contribution >= 0.6 is 11.8 Å². The van der Waals surface area contributed by atoms with Gasteiger partial charge in [-0.25, -0.2) is 4.79 Å². The molecule has 4 heterocycles. The van der Waals surface area contributed by atoms with E-state index < -0.39 is 11.9 Å². The summed E-state index contributed by atoms with van der Waals surface area (Å²) in [6.07, 6.45) is 5.30. The van der Waals surface area contributed by atoms with E-state index in [1.807, 2.05) is 48.7 Å². The Balaban J connectivity index is 0.817. The maximum absolute atomic E-state index is 13.2. The molecule has 4 aromatic rings. The van der Waals surface area contributed by atoms with Crippen LogP contribution in [0.1, 0.15) is 68.7 Å². The zero-order chi connectivity index (χ0) is 40.2. The van der Waals surface area contributed by atoms with Crippen LogP contribution in [-0.4, -0.2) is 89.7 Å². The number of thioether (sulfide) groups is 1. The van der Waals surface area contributed by atoms with E-state index in [-0.39, 0.29) is 30.0 Å². The van der Waals surface area contributed by atoms with Crippen LogP contribution in [0.3, 0.4) is 0 Å². The van der Waals surface area contributed by atoms with Gasteiger partial charge in [-0.2, -0.15) is 11.8 Å². The molecule has 57 heavy (non-hydrogen) atoms. The van der Waals surface area contributed by atoms with Crippen molar-refractivity contribution in [3.63, 3.8) is 0 Å². The van der Waals surface area contributed by atoms with Gasteiger partial charge >= 0.3 is 5.69 Å². The molecule has 3 aliphatic rings. The number of nitrogens with zero attached hydrogens (tertiary/aromatic N) is 5. The fourth-order valence-electron chi connectivity index (χ4n) is 8.45. The van der Waals surface area contributed by atoms with Gasteiger partial charge in [-0.05, 0) is 136 Å². The van der Waals surface area contributed by atoms with Crippen molar-refractivity contribution in [2.24, 2.45) is 13.0 Å². The zero-order valence-electron chi connectivity index (χ0n) is 33.9. The SMILES string of the molecule is COc1cc2c(cc1OC(C)C)CN(c1ccc(N(C)CC3CCN(CCSCCCc4ccc5c(c4)n(C)c(=O)n5C4CCC(=O)NC4=O)CC3)cc1)C(=O)C2. The van der Waals surface area contributed by atoms with E-state index in [0.717, 1.165) is 84.1 Å². The Morgan fingerprint density at radius 3 is 2.39 bits per heavy atom. The molecule has 304 valence electrons. The van der Waals surface area contributed by atoms with E-state index >= 15 is 0 Å². The first-order valence-electron chi connectivity index (χ1n) is 20.3. The average molecular weight is 797 g/mol. The lowest BCUT2D eigenvalue weighted by atomic mass is 9.96. The lowest BCUT2D eigenvalue weighted by Crippen LogP contribution is -2.44. The first-order chi connectivity index (χ1) is 27.5. The van der Waals surface area contributed by atoms with E-state index in [1.165, 1.54) is 23.0 Å². The fourth-order valence-corrected chi connectivity index (χ4v) is 9.39. The number of fused-ring (bicyclic) bond motifs is 2. The fraction of sp³-hybridized carbons (Fsp3) is 0.500. The minimum absolute atomic E-state index is 0.0241. The van der Waals surface area contributed by atoms with Crippen LogP contribution in [0.15, 0.2) is 59.4 Å². The van der Waals surface area contributed by atoms with Crippen molar-refractivity contribution in [3.05, 3.63) is 81.8 Å². The second-order valence-corrected chi connectivity index (χ2v) is 17.2. The van der Waals surface area contributed by atoms with Gasteiger partial charge in [0.1, 0.15) is 6.04 Å². The molecule has 0 aliphatic carbocycles. The smallest absolute Gasteiger partial charge is 0.329 e. The molecule has 0 spiro atoms. The maximum Gasteiger partial charge on any atom is 0.329 e. The van der Waals surface area contributed by atoms with Crippen molar-refractivity contribution in [2.45, 2.75) is 77.5 Å². The molecule has 12 nitrogen and oxygen atoms in total. The van der Waals surface area contributed by atoms with Crippen molar-refractivity contribution in [1.82, 2.24) is 19.4 Å². The van der Waals surface area contributed by atoms with Gasteiger partial charge in [-0.3, -0.25) is 28.8 Å². The summed E-state index contributed by atoms with van der Waals surface area (Å²) < 4.78 is 14.7. The maximum atomic E-state index is 13.2. The number of methoxy groups -OCH3 is 1. The highest BCUT2D eigenvalue weighted by atomic mass is 32.2. The van der Waals surface area contributed by atoms with Crippen LogP contribution in [0.2, 0.25) is 0 Å². The molecule has 13 heteroatoms. The highest BCUT2D eigenvalue weighted by molar-refractivity contribution is 7.99. The number of ether oxygens (including phenoxy) is 2. The Bertz CT molecular complexity index is 2150. The van der Waals surface area contributed by atoms with Crippen molar-refractivity contribution >= 4 is 51.9 Å². The standard InChI is InChI=1S/C44H56N6O6S/c1-29(2)56-40-25-33-28-49(42(52)26-32(33)24-39(40)55-5)35-11-9-34(10-12-35)46(3)27-31-16-18-48(19-17-31)20-22-57-21-6-7-30-8-13-36-38(23-30)47(4)44(54)50(36)37-14-15-41(51)45-43(37)53/h8-13,23-25,29,31,37H,6-7,14-22,26-28H2,1-5H3,(H,45,51,53). The molecule has 0 bridgehead atoms. The number of likely N-dealkylation sites (tertiary alicyclic amines) is 1. The number of anilines is 2. The van der Waals surface area contributed by atoms with Gasteiger partial charge in [-0.15, -0.1) is 0 Å². The summed E-state index contributed by atoms with van der Waals surface area (Å²) >= 11 is 2.00. The van der Waals surface area contributed by atoms with Gasteiger partial charge in [0, 0.05) is 50.7 Å². The quantitative estimate of drug-likeness (QED) is 0.119. The number of piperidine rings is 2. The monoisotopic (exact) mass is 796 g/mol. The second kappa shape index (κ2) is 17.8. The molecule has 0 radical (unpaired) electrons. The minimum Gasteiger partial charge on any atom is -0.493 e. The Labute approximate surface area is 339 Å². The third kappa shape index (κ3) is 9.20. The summed E-state index contributed by atoms with van der Waals surface area (Å²) in [7, 11) is 5.54. The third-order valence-electron chi connectivity index (χ3n) is 11.6. The Morgan fingerprint density at radius 1 is 0.912 bits per heavy atom. The summed E-state index contributed by atoms with van der Waals surface area (Å²) in [6, 6.07) is 17.8. The molecule has 0 saturated carbocycles. The number of imide groups is 1. The van der Waals surface area contributed by atoms with E-state index in [9.17, 15) is 19.2 Å². The molecule has 7 rings (SSSR count). The number of hydrogen-bond donors (Lipinski definition) is 1. The Hall–Kier alpha value is -4.75. The Morgan fingerprint density at radius 2 is 1.67 bits per heavy atom.